The van der Waals surface area contributed by atoms with E-state index in [1.807, 2.05) is 12.4 Å². The Hall–Kier alpha value is -4.54. The van der Waals surface area contributed by atoms with E-state index in [9.17, 15) is 26.0 Å². The number of aromatic nitrogens is 3. The average Bonchev–Trinajstić information content (AvgIpc) is 3.58. The molecule has 16 heteroatoms. The highest BCUT2D eigenvalue weighted by Crippen LogP contribution is 2.29. The Morgan fingerprint density at radius 3 is 2.15 bits per heavy atom. The van der Waals surface area contributed by atoms with Crippen molar-refractivity contribution >= 4 is 39.1 Å². The van der Waals surface area contributed by atoms with Crippen LogP contribution in [0.1, 0.15) is 44.2 Å². The molecule has 0 aliphatic heterocycles. The van der Waals surface area contributed by atoms with Crippen LogP contribution in [0, 0.1) is 5.82 Å². The van der Waals surface area contributed by atoms with Crippen molar-refractivity contribution in [3.05, 3.63) is 90.6 Å². The molecule has 5 N–H and O–H groups in total. The van der Waals surface area contributed by atoms with Gasteiger partial charge in [-0.05, 0) is 98.8 Å². The smallest absolute Gasteiger partial charge is 0.475 e. The van der Waals surface area contributed by atoms with Crippen molar-refractivity contribution in [2.75, 3.05) is 17.7 Å². The van der Waals surface area contributed by atoms with E-state index >= 15 is 0 Å². The fourth-order valence-electron chi connectivity index (χ4n) is 5.03. The number of halogens is 4. The highest BCUT2D eigenvalue weighted by molar-refractivity contribution is 7.89. The number of rotatable bonds is 10. The van der Waals surface area contributed by atoms with Gasteiger partial charge in [0.15, 0.2) is 0 Å². The van der Waals surface area contributed by atoms with Gasteiger partial charge < -0.3 is 26.0 Å². The summed E-state index contributed by atoms with van der Waals surface area (Å²) in [6, 6.07) is 16.9. The molecule has 1 aliphatic rings. The van der Waals surface area contributed by atoms with Gasteiger partial charge in [-0.15, -0.1) is 0 Å². The van der Waals surface area contributed by atoms with E-state index in [-0.39, 0.29) is 22.8 Å². The summed E-state index contributed by atoms with van der Waals surface area (Å²) < 4.78 is 73.2. The molecule has 0 spiro atoms. The molecule has 1 atom stereocenters. The van der Waals surface area contributed by atoms with Gasteiger partial charge in [0.1, 0.15) is 11.6 Å². The zero-order valence-corrected chi connectivity index (χ0v) is 26.3. The molecular formula is C31H35F4N7O4S. The molecular weight excluding hydrogens is 642 g/mol. The van der Waals surface area contributed by atoms with E-state index in [1.54, 1.807) is 55.7 Å². The van der Waals surface area contributed by atoms with Gasteiger partial charge in [0.05, 0.1) is 4.90 Å². The average molecular weight is 678 g/mol. The van der Waals surface area contributed by atoms with E-state index in [0.29, 0.717) is 29.2 Å². The number of carboxylic acids is 1. The Balaban J connectivity index is 0.000000644. The van der Waals surface area contributed by atoms with Crippen molar-refractivity contribution in [3.63, 3.8) is 0 Å². The summed E-state index contributed by atoms with van der Waals surface area (Å²) in [4.78, 5) is 20.9. The lowest BCUT2D eigenvalue weighted by molar-refractivity contribution is -0.192. The summed E-state index contributed by atoms with van der Waals surface area (Å²) in [5, 5.41) is 17.0. The highest BCUT2D eigenvalue weighted by Gasteiger charge is 2.38. The summed E-state index contributed by atoms with van der Waals surface area (Å²) in [5.41, 5.74) is 2.57. The van der Waals surface area contributed by atoms with Crippen molar-refractivity contribution in [2.45, 2.75) is 61.8 Å². The molecule has 0 radical (unpaired) electrons. The first-order chi connectivity index (χ1) is 22.2. The lowest BCUT2D eigenvalue weighted by Crippen LogP contribution is -2.43. The molecule has 0 saturated heterocycles. The molecule has 5 rings (SSSR count). The van der Waals surface area contributed by atoms with Gasteiger partial charge in [-0.25, -0.2) is 22.6 Å². The SMILES string of the molecule is CC(NC1CCC(N(C)S(=O)(=O)c2ccc(Nc3nccc(Nc4ccc(F)cc4)n3)cc2)CC1)c1cc[nH]c1.O=C(O)C(F)(F)F. The molecule has 1 fully saturated rings. The van der Waals surface area contributed by atoms with Gasteiger partial charge in [-0.2, -0.15) is 22.5 Å². The maximum Gasteiger partial charge on any atom is 0.490 e. The minimum Gasteiger partial charge on any atom is -0.475 e. The molecule has 2 heterocycles. The first-order valence-corrected chi connectivity index (χ1v) is 16.1. The summed E-state index contributed by atoms with van der Waals surface area (Å²) >= 11 is 0. The molecule has 0 bridgehead atoms. The van der Waals surface area contributed by atoms with Crippen LogP contribution >= 0.6 is 0 Å². The number of benzene rings is 2. The fraction of sp³-hybridized carbons (Fsp3) is 0.323. The van der Waals surface area contributed by atoms with Crippen LogP contribution in [-0.2, 0) is 14.8 Å². The van der Waals surface area contributed by atoms with Crippen LogP contribution in [0.2, 0.25) is 0 Å². The quantitative estimate of drug-likeness (QED) is 0.121. The number of sulfonamides is 1. The summed E-state index contributed by atoms with van der Waals surface area (Å²) in [5.74, 6) is -2.19. The van der Waals surface area contributed by atoms with E-state index in [0.717, 1.165) is 25.7 Å². The van der Waals surface area contributed by atoms with Gasteiger partial charge in [0.2, 0.25) is 16.0 Å². The Morgan fingerprint density at radius 1 is 0.979 bits per heavy atom. The second-order valence-corrected chi connectivity index (χ2v) is 12.9. The number of nitrogens with zero attached hydrogens (tertiary/aromatic N) is 3. The van der Waals surface area contributed by atoms with E-state index in [1.165, 1.54) is 22.0 Å². The highest BCUT2D eigenvalue weighted by atomic mass is 32.2. The molecule has 1 saturated carbocycles. The number of hydrogen-bond donors (Lipinski definition) is 5. The van der Waals surface area contributed by atoms with Crippen molar-refractivity contribution in [1.29, 1.82) is 0 Å². The summed E-state index contributed by atoms with van der Waals surface area (Å²) in [6.07, 6.45) is 3.92. The van der Waals surface area contributed by atoms with Crippen molar-refractivity contribution in [3.8, 4) is 0 Å². The number of carboxylic acid groups (broad SMARTS) is 1. The second kappa shape index (κ2) is 15.4. The monoisotopic (exact) mass is 677 g/mol. The van der Waals surface area contributed by atoms with Crippen LogP contribution in [0.5, 0.6) is 0 Å². The molecule has 4 aromatic rings. The minimum atomic E-state index is -5.08. The number of nitrogens with one attached hydrogen (secondary N) is 4. The van der Waals surface area contributed by atoms with Crippen molar-refractivity contribution in [2.24, 2.45) is 0 Å². The molecule has 1 aliphatic carbocycles. The Bertz CT molecular complexity index is 1700. The van der Waals surface area contributed by atoms with Gasteiger partial charge in [-0.1, -0.05) is 0 Å². The number of anilines is 4. The normalized spacial score (nSPS) is 17.3. The van der Waals surface area contributed by atoms with Gasteiger partial charge in [0, 0.05) is 55.1 Å². The van der Waals surface area contributed by atoms with Crippen LogP contribution in [0.15, 0.2) is 84.1 Å². The van der Waals surface area contributed by atoms with Crippen molar-refractivity contribution < 1.29 is 35.9 Å². The van der Waals surface area contributed by atoms with Crippen LogP contribution in [0.25, 0.3) is 0 Å². The van der Waals surface area contributed by atoms with Gasteiger partial charge >= 0.3 is 12.1 Å². The van der Waals surface area contributed by atoms with Crippen LogP contribution in [0.3, 0.4) is 0 Å². The summed E-state index contributed by atoms with van der Waals surface area (Å²) in [7, 11) is -1.96. The third kappa shape index (κ3) is 9.97. The first-order valence-electron chi connectivity index (χ1n) is 14.6. The second-order valence-electron chi connectivity index (χ2n) is 10.9. The lowest BCUT2D eigenvalue weighted by atomic mass is 9.90. The van der Waals surface area contributed by atoms with E-state index in [2.05, 4.69) is 43.9 Å². The topological polar surface area (TPSA) is 152 Å². The Morgan fingerprint density at radius 2 is 1.57 bits per heavy atom. The molecule has 47 heavy (non-hydrogen) atoms. The van der Waals surface area contributed by atoms with Crippen LogP contribution in [0.4, 0.5) is 40.7 Å². The molecule has 1 unspecified atom stereocenters. The largest absolute Gasteiger partial charge is 0.490 e. The molecule has 2 aromatic heterocycles. The fourth-order valence-corrected chi connectivity index (χ4v) is 6.45. The van der Waals surface area contributed by atoms with Gasteiger partial charge in [-0.3, -0.25) is 0 Å². The zero-order valence-electron chi connectivity index (χ0n) is 25.5. The third-order valence-electron chi connectivity index (χ3n) is 7.62. The Kier molecular flexibility index (Phi) is 11.5. The number of carbonyl (C=O) groups is 1. The predicted octanol–water partition coefficient (Wildman–Crippen LogP) is 6.35. The van der Waals surface area contributed by atoms with E-state index in [4.69, 9.17) is 9.90 Å². The number of aliphatic carboxylic acids is 1. The number of alkyl halides is 3. The minimum absolute atomic E-state index is 0.0341. The maximum atomic E-state index is 13.4. The third-order valence-corrected chi connectivity index (χ3v) is 9.55. The molecule has 0 amide bonds. The van der Waals surface area contributed by atoms with Crippen LogP contribution in [-0.4, -0.2) is 64.1 Å². The number of H-pyrrole nitrogens is 1. The zero-order chi connectivity index (χ0) is 34.2. The van der Waals surface area contributed by atoms with Crippen LogP contribution < -0.4 is 16.0 Å². The molecule has 11 nitrogen and oxygen atoms in total. The number of hydrogen-bond acceptors (Lipinski definition) is 8. The predicted molar refractivity (Wildman–Crippen MR) is 168 cm³/mol. The molecule has 2 aromatic carbocycles. The Labute approximate surface area is 269 Å². The summed E-state index contributed by atoms with van der Waals surface area (Å²) in [6.45, 7) is 2.15. The molecule has 252 valence electrons. The maximum absolute atomic E-state index is 13.4. The standard InChI is InChI=1S/C29H34FN7O2S.C2HF3O2/c1-20(21-15-17-31-19-21)33-23-7-11-26(12-8-23)37(2)40(38,39)27-13-9-25(10-14-27)35-29-32-18-16-28(36-29)34-24-5-3-22(30)4-6-24;3-2(4,5)1(6)7/h3-6,9-10,13-20,23,26,31,33H,7-8,11-12H2,1-2H3,(H2,32,34,35,36);(H,6,7). The lowest BCUT2D eigenvalue weighted by Gasteiger charge is -2.35. The number of aromatic amines is 1. The van der Waals surface area contributed by atoms with E-state index < -0.39 is 22.2 Å². The first kappa shape index (κ1) is 35.3. The van der Waals surface area contributed by atoms with Crippen molar-refractivity contribution in [1.82, 2.24) is 24.6 Å². The van der Waals surface area contributed by atoms with Gasteiger partial charge in [0.25, 0.3) is 0 Å².